The van der Waals surface area contributed by atoms with Crippen molar-refractivity contribution in [3.8, 4) is 0 Å². The summed E-state index contributed by atoms with van der Waals surface area (Å²) in [4.78, 5) is 25.4. The number of hydrogen-bond donors (Lipinski definition) is 0. The number of methoxy groups -OCH3 is 1. The summed E-state index contributed by atoms with van der Waals surface area (Å²) >= 11 is -4.29. The molecule has 0 spiro atoms. The fourth-order valence-corrected chi connectivity index (χ4v) is 23.8. The van der Waals surface area contributed by atoms with Crippen molar-refractivity contribution in [2.24, 2.45) is 0 Å². The molecule has 2 nitrogen and oxygen atoms in total. The molecule has 0 saturated heterocycles. The predicted molar refractivity (Wildman–Crippen MR) is 66.8 cm³/mol. The van der Waals surface area contributed by atoms with Gasteiger partial charge in [-0.15, -0.1) is 0 Å². The Morgan fingerprint density at radius 3 is 1.71 bits per heavy atom. The summed E-state index contributed by atoms with van der Waals surface area (Å²) in [5.41, 5.74) is 0. The molecule has 0 unspecified atom stereocenters. The van der Waals surface area contributed by atoms with Gasteiger partial charge in [-0.05, 0) is 0 Å². The number of rotatable bonds is 3. The van der Waals surface area contributed by atoms with Crippen molar-refractivity contribution in [1.82, 2.24) is 0 Å². The maximum absolute atomic E-state index is 11.6. The van der Waals surface area contributed by atoms with E-state index in [1.165, 1.54) is 7.11 Å². The van der Waals surface area contributed by atoms with Gasteiger partial charge in [-0.3, -0.25) is 0 Å². The molecule has 0 aromatic rings. The molecule has 0 aromatic heterocycles. The number of carbonyl (C=O) groups is 1. The predicted octanol–water partition coefficient (Wildman–Crippen LogP) is 2.84. The van der Waals surface area contributed by atoms with Gasteiger partial charge in [-0.25, -0.2) is 0 Å². The van der Waals surface area contributed by atoms with E-state index in [1.807, 2.05) is 0 Å². The van der Waals surface area contributed by atoms with Gasteiger partial charge in [0.1, 0.15) is 0 Å². The molecule has 0 aliphatic rings. The summed E-state index contributed by atoms with van der Waals surface area (Å²) in [6, 6.07) is 0. The third kappa shape index (κ3) is 5.63. The molecule has 0 saturated carbocycles. The first-order chi connectivity index (χ1) is 6.08. The third-order valence-corrected chi connectivity index (χ3v) is 13.0. The van der Waals surface area contributed by atoms with Crippen LogP contribution in [0.2, 0.25) is 29.6 Å². The van der Waals surface area contributed by atoms with Crippen LogP contribution in [0.25, 0.3) is 0 Å². The normalized spacial score (nSPS) is 14.1. The monoisotopic (exact) mass is 414 g/mol. The fourth-order valence-electron chi connectivity index (χ4n) is 1.12. The molecule has 0 aliphatic heterocycles. The van der Waals surface area contributed by atoms with Crippen LogP contribution < -0.4 is 0 Å². The van der Waals surface area contributed by atoms with Crippen LogP contribution in [0.1, 0.15) is 0 Å². The molecule has 0 atom stereocenters. The van der Waals surface area contributed by atoms with Crippen LogP contribution in [-0.2, 0) is 9.53 Å². The van der Waals surface area contributed by atoms with Gasteiger partial charge < -0.3 is 0 Å². The average Bonchev–Trinajstić information content (AvgIpc) is 1.95. The van der Waals surface area contributed by atoms with Crippen LogP contribution in [0, 0.1) is 0 Å². The van der Waals surface area contributed by atoms with Gasteiger partial charge in [-0.1, -0.05) is 0 Å². The van der Waals surface area contributed by atoms with Crippen molar-refractivity contribution in [3.05, 3.63) is 7.68 Å². The zero-order valence-corrected chi connectivity index (χ0v) is 16.1. The second kappa shape index (κ2) is 5.23. The van der Waals surface area contributed by atoms with Gasteiger partial charge >= 0.3 is 96.7 Å². The van der Waals surface area contributed by atoms with E-state index < -0.39 is 36.8 Å². The zero-order valence-electron chi connectivity index (χ0n) is 10.4. The van der Waals surface area contributed by atoms with E-state index in [1.54, 1.807) is 0 Å². The molecule has 0 radical (unpaired) electrons. The number of esters is 1. The van der Waals surface area contributed by atoms with Gasteiger partial charge in [0.05, 0.1) is 0 Å². The molecular weight excluding hydrogens is 390 g/mol. The van der Waals surface area contributed by atoms with E-state index in [2.05, 4.69) is 33.7 Å². The summed E-state index contributed by atoms with van der Waals surface area (Å²) in [7, 11) is 1.48. The summed E-state index contributed by atoms with van der Waals surface area (Å²) in [5.74, 6) is -0.0834. The van der Waals surface area contributed by atoms with E-state index in [4.69, 9.17) is 4.74 Å². The van der Waals surface area contributed by atoms with E-state index in [-0.39, 0.29) is 5.97 Å². The van der Waals surface area contributed by atoms with E-state index in [0.717, 1.165) is 3.59 Å². The van der Waals surface area contributed by atoms with Crippen molar-refractivity contribution in [2.45, 2.75) is 29.6 Å². The molecule has 0 amide bonds. The van der Waals surface area contributed by atoms with Crippen LogP contribution in [0.15, 0.2) is 7.68 Å². The molecule has 0 aromatic carbocycles. The fraction of sp³-hybridized carbons (Fsp3) is 0.700. The van der Waals surface area contributed by atoms with Gasteiger partial charge in [0.15, 0.2) is 0 Å². The van der Waals surface area contributed by atoms with Crippen molar-refractivity contribution >= 4 is 42.7 Å². The second-order valence-corrected chi connectivity index (χ2v) is 34.4. The molecule has 0 N–H and O–H groups in total. The standard InChI is InChI=1S/C4H4O2.6CH3.2Sn/c1-3-4(5)6-2;;;;;;;;/h1H,2H3;6*1H3;;. The van der Waals surface area contributed by atoms with E-state index in [0.29, 0.717) is 0 Å². The molecule has 82 valence electrons. The van der Waals surface area contributed by atoms with Gasteiger partial charge in [0.2, 0.25) is 0 Å². The Balaban J connectivity index is 5.13. The minimum absolute atomic E-state index is 0.0834. The average molecular weight is 412 g/mol. The topological polar surface area (TPSA) is 26.3 Å². The Bertz CT molecular complexity index is 244. The number of carbonyl (C=O) groups excluding carboxylic acids is 1. The first-order valence-corrected chi connectivity index (χ1v) is 25.1. The summed E-state index contributed by atoms with van der Waals surface area (Å²) in [5, 5.41) is 0. The number of hydrogen-bond acceptors (Lipinski definition) is 2. The van der Waals surface area contributed by atoms with Crippen molar-refractivity contribution in [3.63, 3.8) is 0 Å². The SMILES string of the molecule is COC(=O)/[C](=[CH]/[Sn]([CH3])([CH3])[CH3])[Sn]([CH3])([CH3])[CH3]. The van der Waals surface area contributed by atoms with Crippen molar-refractivity contribution < 1.29 is 9.53 Å². The van der Waals surface area contributed by atoms with Gasteiger partial charge in [0.25, 0.3) is 0 Å². The Hall–Kier alpha value is 0.807. The van der Waals surface area contributed by atoms with Crippen molar-refractivity contribution in [2.75, 3.05) is 7.11 Å². The van der Waals surface area contributed by atoms with Crippen molar-refractivity contribution in [1.29, 1.82) is 0 Å². The molecule has 14 heavy (non-hydrogen) atoms. The first kappa shape index (κ1) is 14.8. The van der Waals surface area contributed by atoms with Gasteiger partial charge in [0, 0.05) is 0 Å². The second-order valence-electron chi connectivity index (χ2n) is 5.67. The Morgan fingerprint density at radius 2 is 1.50 bits per heavy atom. The van der Waals surface area contributed by atoms with Crippen LogP contribution in [0.5, 0.6) is 0 Å². The summed E-state index contributed by atoms with van der Waals surface area (Å²) < 4.78 is 8.20. The van der Waals surface area contributed by atoms with Crippen LogP contribution in [0.4, 0.5) is 0 Å². The minimum atomic E-state index is -2.27. The quantitative estimate of drug-likeness (QED) is 0.405. The number of ether oxygens (including phenoxy) is 1. The Morgan fingerprint density at radius 1 is 1.07 bits per heavy atom. The maximum atomic E-state index is 11.6. The van der Waals surface area contributed by atoms with E-state index in [9.17, 15) is 4.79 Å². The molecule has 0 bridgehead atoms. The summed E-state index contributed by atoms with van der Waals surface area (Å²) in [6.45, 7) is 0. The summed E-state index contributed by atoms with van der Waals surface area (Å²) in [6.07, 6.45) is 0. The van der Waals surface area contributed by atoms with Crippen LogP contribution in [0.3, 0.4) is 0 Å². The zero-order chi connectivity index (χ0) is 11.6. The third-order valence-electron chi connectivity index (χ3n) is 1.79. The van der Waals surface area contributed by atoms with Gasteiger partial charge in [-0.2, -0.15) is 0 Å². The molecule has 0 fully saturated rings. The van der Waals surface area contributed by atoms with Crippen LogP contribution >= 0.6 is 0 Å². The Labute approximate surface area is 95.8 Å². The molecule has 0 aliphatic carbocycles. The Kier molecular flexibility index (Phi) is 5.53. The molecule has 0 heterocycles. The molecule has 0 rings (SSSR count). The first-order valence-electron chi connectivity index (χ1n) is 4.89. The molecular formula is C10H22O2Sn2. The molecule has 4 heteroatoms. The van der Waals surface area contributed by atoms with Crippen LogP contribution in [-0.4, -0.2) is 49.8 Å². The van der Waals surface area contributed by atoms with E-state index >= 15 is 0 Å².